The van der Waals surface area contributed by atoms with E-state index in [1.807, 2.05) is 43.3 Å². The summed E-state index contributed by atoms with van der Waals surface area (Å²) in [5, 5.41) is 3.29. The van der Waals surface area contributed by atoms with E-state index in [2.05, 4.69) is 5.32 Å². The molecule has 2 aromatic rings. The number of methoxy groups -OCH3 is 1. The first kappa shape index (κ1) is 22.3. The zero-order valence-corrected chi connectivity index (χ0v) is 17.4. The van der Waals surface area contributed by atoms with Gasteiger partial charge in [-0.1, -0.05) is 48.0 Å². The molecule has 154 valence electrons. The molecule has 29 heavy (non-hydrogen) atoms. The number of hydrogen-bond acceptors (Lipinski definition) is 5. The van der Waals surface area contributed by atoms with Gasteiger partial charge in [0.05, 0.1) is 13.2 Å². The largest absolute Gasteiger partial charge is 0.493 e. The molecule has 2 aromatic carbocycles. The number of carbonyl (C=O) groups excluding carboxylic acids is 2. The quantitative estimate of drug-likeness (QED) is 0.619. The van der Waals surface area contributed by atoms with E-state index in [-0.39, 0.29) is 12.6 Å². The van der Waals surface area contributed by atoms with Gasteiger partial charge in [-0.25, -0.2) is 4.79 Å². The molecule has 0 aliphatic heterocycles. The topological polar surface area (TPSA) is 73.9 Å². The van der Waals surface area contributed by atoms with E-state index in [1.54, 1.807) is 25.1 Å². The third-order valence-corrected chi connectivity index (χ3v) is 4.35. The van der Waals surface area contributed by atoms with Gasteiger partial charge in [-0.15, -0.1) is 0 Å². The molecule has 1 N–H and O–H groups in total. The van der Waals surface area contributed by atoms with E-state index >= 15 is 0 Å². The lowest BCUT2D eigenvalue weighted by molar-refractivity contribution is -0.150. The van der Waals surface area contributed by atoms with Crippen LogP contribution in [0.25, 0.3) is 6.08 Å². The van der Waals surface area contributed by atoms with Crippen molar-refractivity contribution in [2.75, 3.05) is 20.3 Å². The van der Waals surface area contributed by atoms with Gasteiger partial charge in [-0.2, -0.15) is 0 Å². The van der Waals surface area contributed by atoms with E-state index in [4.69, 9.17) is 25.8 Å². The van der Waals surface area contributed by atoms with Gasteiger partial charge in [0.15, 0.2) is 24.7 Å². The van der Waals surface area contributed by atoms with Crippen LogP contribution in [0.15, 0.2) is 48.5 Å². The number of ether oxygens (including phenoxy) is 3. The third kappa shape index (κ3) is 6.84. The first-order chi connectivity index (χ1) is 13.9. The minimum atomic E-state index is -0.662. The molecule has 0 saturated carbocycles. The molecule has 1 atom stereocenters. The highest BCUT2D eigenvalue weighted by Crippen LogP contribution is 2.28. The van der Waals surface area contributed by atoms with Crippen molar-refractivity contribution in [2.45, 2.75) is 19.9 Å². The van der Waals surface area contributed by atoms with E-state index in [9.17, 15) is 9.59 Å². The molecule has 0 bridgehead atoms. The third-order valence-electron chi connectivity index (χ3n) is 4.01. The molecule has 0 aliphatic carbocycles. The highest BCUT2D eigenvalue weighted by molar-refractivity contribution is 6.31. The van der Waals surface area contributed by atoms with Crippen LogP contribution in [0.2, 0.25) is 5.02 Å². The Morgan fingerprint density at radius 2 is 1.90 bits per heavy atom. The summed E-state index contributed by atoms with van der Waals surface area (Å²) in [6.07, 6.45) is 3.83. The first-order valence-corrected chi connectivity index (χ1v) is 9.45. The molecule has 1 amide bonds. The number of hydrogen-bond donors (Lipinski definition) is 1. The van der Waals surface area contributed by atoms with Crippen LogP contribution in [0.5, 0.6) is 11.5 Å². The number of rotatable bonds is 9. The van der Waals surface area contributed by atoms with Gasteiger partial charge in [-0.05, 0) is 43.2 Å². The Morgan fingerprint density at radius 3 is 2.59 bits per heavy atom. The molecule has 0 fully saturated rings. The predicted octanol–water partition coefficient (Wildman–Crippen LogP) is 4.18. The number of nitrogens with one attached hydrogen (secondary N) is 1. The fraction of sp³-hybridized carbons (Fsp3) is 0.273. The van der Waals surface area contributed by atoms with Crippen LogP contribution in [0, 0.1) is 0 Å². The van der Waals surface area contributed by atoms with Crippen LogP contribution < -0.4 is 14.8 Å². The van der Waals surface area contributed by atoms with Crippen molar-refractivity contribution >= 4 is 29.6 Å². The number of carbonyl (C=O) groups is 2. The fourth-order valence-corrected chi connectivity index (χ4v) is 2.91. The minimum Gasteiger partial charge on any atom is -0.493 e. The van der Waals surface area contributed by atoms with Crippen molar-refractivity contribution in [2.24, 2.45) is 0 Å². The maximum atomic E-state index is 12.0. The van der Waals surface area contributed by atoms with Gasteiger partial charge in [0.2, 0.25) is 0 Å². The molecule has 0 radical (unpaired) electrons. The maximum absolute atomic E-state index is 12.0. The monoisotopic (exact) mass is 417 g/mol. The van der Waals surface area contributed by atoms with Gasteiger partial charge in [0, 0.05) is 5.02 Å². The van der Waals surface area contributed by atoms with E-state index in [1.165, 1.54) is 7.11 Å². The van der Waals surface area contributed by atoms with Gasteiger partial charge >= 0.3 is 5.97 Å². The molecular weight excluding hydrogens is 394 g/mol. The van der Waals surface area contributed by atoms with E-state index in [0.29, 0.717) is 16.5 Å². The van der Waals surface area contributed by atoms with Gasteiger partial charge in [-0.3, -0.25) is 4.79 Å². The zero-order chi connectivity index (χ0) is 21.2. The molecule has 0 spiro atoms. The summed E-state index contributed by atoms with van der Waals surface area (Å²) >= 11 is 6.11. The first-order valence-electron chi connectivity index (χ1n) is 9.07. The molecular formula is C22H24ClNO5. The molecule has 6 nitrogen and oxygen atoms in total. The minimum absolute atomic E-state index is 0.314. The Morgan fingerprint density at radius 1 is 1.14 bits per heavy atom. The number of amides is 1. The summed E-state index contributed by atoms with van der Waals surface area (Å²) in [5.74, 6) is -0.182. The summed E-state index contributed by atoms with van der Waals surface area (Å²) in [6.45, 7) is 2.97. The Hall–Kier alpha value is -2.99. The Bertz CT molecular complexity index is 881. The standard InChI is InChI=1S/C22H24ClNO5/c1-4-7-16-10-11-19(20(12-16)27-3)28-14-22(26)29-13-21(25)24-15(2)17-8-5-6-9-18(17)23/h4-12,15H,13-14H2,1-3H3,(H,24,25)/b7-4+/t15-/m0/s1. The summed E-state index contributed by atoms with van der Waals surface area (Å²) in [5.41, 5.74) is 1.73. The number of allylic oxidation sites excluding steroid dienone is 1. The van der Waals surface area contributed by atoms with Crippen molar-refractivity contribution in [1.29, 1.82) is 0 Å². The Kier molecular flexibility index (Phi) is 8.55. The van der Waals surface area contributed by atoms with Crippen molar-refractivity contribution in [3.63, 3.8) is 0 Å². The highest BCUT2D eigenvalue weighted by atomic mass is 35.5. The zero-order valence-electron chi connectivity index (χ0n) is 16.6. The summed E-state index contributed by atoms with van der Waals surface area (Å²) in [7, 11) is 1.52. The summed E-state index contributed by atoms with van der Waals surface area (Å²) in [4.78, 5) is 23.9. The smallest absolute Gasteiger partial charge is 0.344 e. The summed E-state index contributed by atoms with van der Waals surface area (Å²) < 4.78 is 15.7. The predicted molar refractivity (Wildman–Crippen MR) is 112 cm³/mol. The van der Waals surface area contributed by atoms with E-state index < -0.39 is 18.5 Å². The number of esters is 1. The van der Waals surface area contributed by atoms with Crippen LogP contribution in [-0.4, -0.2) is 32.2 Å². The SMILES string of the molecule is C/C=C/c1ccc(OCC(=O)OCC(=O)N[C@@H](C)c2ccccc2Cl)c(OC)c1. The molecule has 0 unspecified atom stereocenters. The van der Waals surface area contributed by atoms with Crippen molar-refractivity contribution in [3.05, 3.63) is 64.7 Å². The van der Waals surface area contributed by atoms with Crippen LogP contribution >= 0.6 is 11.6 Å². The molecule has 7 heteroatoms. The normalized spacial score (nSPS) is 11.7. The Labute approximate surface area is 175 Å². The van der Waals surface area contributed by atoms with Crippen LogP contribution in [0.3, 0.4) is 0 Å². The lowest BCUT2D eigenvalue weighted by Gasteiger charge is -2.16. The highest BCUT2D eigenvalue weighted by Gasteiger charge is 2.15. The number of benzene rings is 2. The molecule has 0 heterocycles. The van der Waals surface area contributed by atoms with Gasteiger partial charge < -0.3 is 19.5 Å². The molecule has 0 saturated heterocycles. The Balaban J connectivity index is 1.81. The van der Waals surface area contributed by atoms with Crippen LogP contribution in [0.4, 0.5) is 0 Å². The van der Waals surface area contributed by atoms with Gasteiger partial charge in [0.25, 0.3) is 5.91 Å². The second-order valence-corrected chi connectivity index (χ2v) is 6.58. The van der Waals surface area contributed by atoms with Crippen LogP contribution in [-0.2, 0) is 14.3 Å². The lowest BCUT2D eigenvalue weighted by Crippen LogP contribution is -2.32. The lowest BCUT2D eigenvalue weighted by atomic mass is 10.1. The van der Waals surface area contributed by atoms with Crippen molar-refractivity contribution in [3.8, 4) is 11.5 Å². The fourth-order valence-electron chi connectivity index (χ4n) is 2.61. The maximum Gasteiger partial charge on any atom is 0.344 e. The second kappa shape index (κ2) is 11.1. The van der Waals surface area contributed by atoms with Crippen molar-refractivity contribution < 1.29 is 23.8 Å². The summed E-state index contributed by atoms with van der Waals surface area (Å²) in [6, 6.07) is 12.2. The average Bonchev–Trinajstić information content (AvgIpc) is 2.71. The van der Waals surface area contributed by atoms with Crippen LogP contribution in [0.1, 0.15) is 31.0 Å². The average molecular weight is 418 g/mol. The molecule has 0 aromatic heterocycles. The second-order valence-electron chi connectivity index (χ2n) is 6.17. The molecule has 0 aliphatic rings. The molecule has 2 rings (SSSR count). The van der Waals surface area contributed by atoms with Gasteiger partial charge in [0.1, 0.15) is 0 Å². The van der Waals surface area contributed by atoms with Crippen molar-refractivity contribution in [1.82, 2.24) is 5.32 Å². The van der Waals surface area contributed by atoms with E-state index in [0.717, 1.165) is 11.1 Å². The number of halogens is 1.